The summed E-state index contributed by atoms with van der Waals surface area (Å²) in [5.41, 5.74) is -0.553. The van der Waals surface area contributed by atoms with Crippen molar-refractivity contribution in [2.45, 2.75) is 65.0 Å². The summed E-state index contributed by atoms with van der Waals surface area (Å²) in [6, 6.07) is 0.640. The van der Waals surface area contributed by atoms with E-state index in [1.54, 1.807) is 0 Å². The molecule has 0 saturated heterocycles. The fourth-order valence-electron chi connectivity index (χ4n) is 2.30. The van der Waals surface area contributed by atoms with E-state index >= 15 is 0 Å². The molecule has 19 heavy (non-hydrogen) atoms. The Morgan fingerprint density at radius 2 is 2.00 bits per heavy atom. The van der Waals surface area contributed by atoms with Crippen LogP contribution in [0.25, 0.3) is 0 Å². The molecule has 0 aliphatic rings. The molecule has 2 unspecified atom stereocenters. The van der Waals surface area contributed by atoms with Crippen LogP contribution in [0.4, 0.5) is 0 Å². The van der Waals surface area contributed by atoms with Crippen LogP contribution in [0.2, 0.25) is 0 Å². The lowest BCUT2D eigenvalue weighted by molar-refractivity contribution is -0.148. The Bertz CT molecular complexity index is 259. The number of carbonyl (C=O) groups excluding carboxylic acids is 1. The van der Waals surface area contributed by atoms with E-state index in [4.69, 9.17) is 4.74 Å². The minimum Gasteiger partial charge on any atom is -0.468 e. The second-order valence-electron chi connectivity index (χ2n) is 5.42. The van der Waals surface area contributed by atoms with Gasteiger partial charge >= 0.3 is 5.97 Å². The van der Waals surface area contributed by atoms with E-state index in [0.717, 1.165) is 32.4 Å². The molecule has 0 heterocycles. The number of methoxy groups -OCH3 is 1. The van der Waals surface area contributed by atoms with Crippen LogP contribution in [-0.4, -0.2) is 49.7 Å². The predicted octanol–water partition coefficient (Wildman–Crippen LogP) is 2.43. The lowest BCUT2D eigenvalue weighted by Gasteiger charge is -2.29. The quantitative estimate of drug-likeness (QED) is 0.490. The van der Waals surface area contributed by atoms with Gasteiger partial charge in [-0.25, -0.2) is 0 Å². The molecule has 4 heteroatoms. The number of hydrogen-bond donors (Lipinski definition) is 1. The van der Waals surface area contributed by atoms with Crippen molar-refractivity contribution >= 4 is 5.97 Å². The molecular weight excluding hydrogens is 240 g/mol. The molecule has 2 atom stereocenters. The largest absolute Gasteiger partial charge is 0.468 e. The third-order valence-corrected chi connectivity index (χ3v) is 4.18. The molecule has 0 radical (unpaired) electrons. The van der Waals surface area contributed by atoms with Gasteiger partial charge in [0.2, 0.25) is 0 Å². The summed E-state index contributed by atoms with van der Waals surface area (Å²) in [7, 11) is 3.26. The van der Waals surface area contributed by atoms with Crippen LogP contribution in [0, 0.1) is 0 Å². The van der Waals surface area contributed by atoms with Gasteiger partial charge in [-0.1, -0.05) is 13.8 Å². The van der Waals surface area contributed by atoms with Gasteiger partial charge in [-0.2, -0.15) is 0 Å². The number of likely N-dealkylation sites (N-methyl/N-ethyl adjacent to an activating group) is 1. The number of carbonyl (C=O) groups is 1. The van der Waals surface area contributed by atoms with Gasteiger partial charge in [0.1, 0.15) is 5.54 Å². The summed E-state index contributed by atoms with van der Waals surface area (Å²) in [6.07, 6.45) is 4.14. The fraction of sp³-hybridized carbons (Fsp3) is 0.933. The van der Waals surface area contributed by atoms with Crippen LogP contribution in [0.3, 0.4) is 0 Å². The second-order valence-corrected chi connectivity index (χ2v) is 5.42. The average molecular weight is 272 g/mol. The SMILES string of the molecule is CCC(C)N(CC)CCCCC(C)(NC)C(=O)OC. The minimum absolute atomic E-state index is 0.177. The lowest BCUT2D eigenvalue weighted by atomic mass is 9.95. The van der Waals surface area contributed by atoms with Gasteiger partial charge in [-0.15, -0.1) is 0 Å². The first-order chi connectivity index (χ1) is 8.95. The van der Waals surface area contributed by atoms with E-state index in [0.29, 0.717) is 6.04 Å². The van der Waals surface area contributed by atoms with Crippen molar-refractivity contribution in [1.29, 1.82) is 0 Å². The molecule has 0 bridgehead atoms. The molecule has 0 rings (SSSR count). The summed E-state index contributed by atoms with van der Waals surface area (Å²) in [6.45, 7) is 10.8. The van der Waals surface area contributed by atoms with Gasteiger partial charge in [-0.05, 0) is 59.7 Å². The Kier molecular flexibility index (Phi) is 9.02. The fourth-order valence-corrected chi connectivity index (χ4v) is 2.30. The van der Waals surface area contributed by atoms with Crippen LogP contribution >= 0.6 is 0 Å². The van der Waals surface area contributed by atoms with Crippen LogP contribution < -0.4 is 5.32 Å². The van der Waals surface area contributed by atoms with E-state index < -0.39 is 5.54 Å². The Labute approximate surface area is 118 Å². The zero-order valence-electron chi connectivity index (χ0n) is 13.6. The summed E-state index contributed by atoms with van der Waals surface area (Å²) in [5.74, 6) is -0.177. The van der Waals surface area contributed by atoms with Crippen molar-refractivity contribution in [3.63, 3.8) is 0 Å². The molecule has 0 aliphatic heterocycles. The van der Waals surface area contributed by atoms with Crippen molar-refractivity contribution in [2.24, 2.45) is 0 Å². The smallest absolute Gasteiger partial charge is 0.325 e. The van der Waals surface area contributed by atoms with Gasteiger partial charge in [0.15, 0.2) is 0 Å². The van der Waals surface area contributed by atoms with Gasteiger partial charge in [-0.3, -0.25) is 4.79 Å². The topological polar surface area (TPSA) is 41.6 Å². The van der Waals surface area contributed by atoms with Gasteiger partial charge in [0, 0.05) is 6.04 Å². The summed E-state index contributed by atoms with van der Waals surface area (Å²) in [5, 5.41) is 3.08. The highest BCUT2D eigenvalue weighted by molar-refractivity contribution is 5.80. The van der Waals surface area contributed by atoms with E-state index in [2.05, 4.69) is 31.0 Å². The predicted molar refractivity (Wildman–Crippen MR) is 80.3 cm³/mol. The molecule has 0 aliphatic carbocycles. The van der Waals surface area contributed by atoms with Crippen LogP contribution in [0.1, 0.15) is 53.4 Å². The Morgan fingerprint density at radius 1 is 1.37 bits per heavy atom. The number of nitrogens with zero attached hydrogens (tertiary/aromatic N) is 1. The number of nitrogens with one attached hydrogen (secondary N) is 1. The maximum Gasteiger partial charge on any atom is 0.325 e. The Hall–Kier alpha value is -0.610. The molecule has 0 fully saturated rings. The molecule has 4 nitrogen and oxygen atoms in total. The molecule has 0 aromatic heterocycles. The molecule has 114 valence electrons. The average Bonchev–Trinajstić information content (AvgIpc) is 2.45. The Balaban J connectivity index is 4.11. The van der Waals surface area contributed by atoms with Crippen molar-refractivity contribution < 1.29 is 9.53 Å². The van der Waals surface area contributed by atoms with Crippen molar-refractivity contribution in [1.82, 2.24) is 10.2 Å². The van der Waals surface area contributed by atoms with Crippen LogP contribution in [0.5, 0.6) is 0 Å². The van der Waals surface area contributed by atoms with E-state index in [-0.39, 0.29) is 5.97 Å². The number of ether oxygens (including phenoxy) is 1. The normalized spacial score (nSPS) is 16.2. The number of rotatable bonds is 10. The highest BCUT2D eigenvalue weighted by Crippen LogP contribution is 2.16. The van der Waals surface area contributed by atoms with Gasteiger partial charge in [0.25, 0.3) is 0 Å². The number of esters is 1. The number of hydrogen-bond acceptors (Lipinski definition) is 4. The zero-order chi connectivity index (χ0) is 14.9. The van der Waals surface area contributed by atoms with E-state index in [1.807, 2.05) is 14.0 Å². The third kappa shape index (κ3) is 5.91. The zero-order valence-corrected chi connectivity index (χ0v) is 13.6. The molecule has 1 N–H and O–H groups in total. The van der Waals surface area contributed by atoms with Crippen molar-refractivity contribution in [3.05, 3.63) is 0 Å². The molecule has 0 spiro atoms. The summed E-state index contributed by atoms with van der Waals surface area (Å²) < 4.78 is 4.85. The lowest BCUT2D eigenvalue weighted by Crippen LogP contribution is -2.48. The maximum absolute atomic E-state index is 11.7. The van der Waals surface area contributed by atoms with Crippen molar-refractivity contribution in [3.8, 4) is 0 Å². The number of unbranched alkanes of at least 4 members (excludes halogenated alkanes) is 1. The first-order valence-electron chi connectivity index (χ1n) is 7.46. The maximum atomic E-state index is 11.7. The van der Waals surface area contributed by atoms with E-state index in [9.17, 15) is 4.79 Å². The van der Waals surface area contributed by atoms with Gasteiger partial charge < -0.3 is 15.0 Å². The third-order valence-electron chi connectivity index (χ3n) is 4.18. The first kappa shape index (κ1) is 18.4. The molecule has 0 aromatic rings. The highest BCUT2D eigenvalue weighted by atomic mass is 16.5. The summed E-state index contributed by atoms with van der Waals surface area (Å²) in [4.78, 5) is 14.2. The van der Waals surface area contributed by atoms with Crippen LogP contribution in [-0.2, 0) is 9.53 Å². The minimum atomic E-state index is -0.553. The Morgan fingerprint density at radius 3 is 2.42 bits per heavy atom. The van der Waals surface area contributed by atoms with Crippen molar-refractivity contribution in [2.75, 3.05) is 27.2 Å². The molecule has 0 amide bonds. The monoisotopic (exact) mass is 272 g/mol. The molecule has 0 aromatic carbocycles. The molecule has 0 saturated carbocycles. The first-order valence-corrected chi connectivity index (χ1v) is 7.46. The van der Waals surface area contributed by atoms with Crippen LogP contribution in [0.15, 0.2) is 0 Å². The van der Waals surface area contributed by atoms with E-state index in [1.165, 1.54) is 13.5 Å². The molecular formula is C15H32N2O2. The van der Waals surface area contributed by atoms with Gasteiger partial charge in [0.05, 0.1) is 7.11 Å². The standard InChI is InChI=1S/C15H32N2O2/c1-7-13(3)17(8-2)12-10-9-11-15(4,16-5)14(18)19-6/h13,16H,7-12H2,1-6H3. The highest BCUT2D eigenvalue weighted by Gasteiger charge is 2.31. The second kappa shape index (κ2) is 9.32. The summed E-state index contributed by atoms with van der Waals surface area (Å²) >= 11 is 0.